The standard InChI is InChI=1S/C31H26N2O2/c34-29-20-23(21-10-3-1-4-11-21)19-28-30(29)31(33-27-17-8-7-16-26(27)32-28)22-12-9-15-25(18-22)35-24-13-5-2-6-14-24/h1-18,23,31-33H,19-20H2/t23-,31+/m0/s1. The van der Waals surface area contributed by atoms with Gasteiger partial charge in [0.25, 0.3) is 0 Å². The molecule has 2 atom stereocenters. The van der Waals surface area contributed by atoms with Crippen LogP contribution in [-0.4, -0.2) is 5.78 Å². The molecule has 1 heterocycles. The Morgan fingerprint density at radius 3 is 2.11 bits per heavy atom. The van der Waals surface area contributed by atoms with Gasteiger partial charge in [-0.1, -0.05) is 72.8 Å². The highest BCUT2D eigenvalue weighted by molar-refractivity contribution is 6.01. The van der Waals surface area contributed by atoms with E-state index in [9.17, 15) is 4.79 Å². The lowest BCUT2D eigenvalue weighted by Gasteiger charge is -2.30. The Bertz CT molecular complexity index is 1400. The van der Waals surface area contributed by atoms with Crippen LogP contribution in [0, 0.1) is 0 Å². The monoisotopic (exact) mass is 458 g/mol. The summed E-state index contributed by atoms with van der Waals surface area (Å²) in [6.45, 7) is 0. The number of Topliss-reactive ketones (excluding diaryl/α,β-unsaturated/α-hetero) is 1. The molecule has 1 aliphatic carbocycles. The third kappa shape index (κ3) is 4.31. The van der Waals surface area contributed by atoms with E-state index in [2.05, 4.69) is 41.0 Å². The van der Waals surface area contributed by atoms with Crippen LogP contribution in [0.1, 0.15) is 35.9 Å². The second-order valence-electron chi connectivity index (χ2n) is 9.07. The number of carbonyl (C=O) groups excluding carboxylic acids is 1. The first-order valence-corrected chi connectivity index (χ1v) is 12.0. The van der Waals surface area contributed by atoms with E-state index in [0.29, 0.717) is 6.42 Å². The number of carbonyl (C=O) groups is 1. The Hall–Kier alpha value is -4.31. The molecule has 0 aromatic heterocycles. The van der Waals surface area contributed by atoms with Crippen LogP contribution in [0.4, 0.5) is 11.4 Å². The van der Waals surface area contributed by atoms with Crippen LogP contribution in [-0.2, 0) is 4.79 Å². The maximum atomic E-state index is 13.7. The molecule has 6 rings (SSSR count). The zero-order valence-electron chi connectivity index (χ0n) is 19.3. The number of fused-ring (bicyclic) bond motifs is 1. The average molecular weight is 459 g/mol. The topological polar surface area (TPSA) is 50.4 Å². The Kier molecular flexibility index (Phi) is 5.55. The Balaban J connectivity index is 1.41. The molecule has 4 heteroatoms. The molecular formula is C31H26N2O2. The molecule has 4 aromatic carbocycles. The lowest BCUT2D eigenvalue weighted by atomic mass is 9.78. The number of ether oxygens (including phenoxy) is 1. The third-order valence-electron chi connectivity index (χ3n) is 6.75. The van der Waals surface area contributed by atoms with Gasteiger partial charge in [-0.15, -0.1) is 0 Å². The number of para-hydroxylation sites is 3. The van der Waals surface area contributed by atoms with Crippen LogP contribution in [0.25, 0.3) is 0 Å². The van der Waals surface area contributed by atoms with Gasteiger partial charge in [-0.2, -0.15) is 0 Å². The van der Waals surface area contributed by atoms with Crippen LogP contribution in [0.5, 0.6) is 11.5 Å². The summed E-state index contributed by atoms with van der Waals surface area (Å²) >= 11 is 0. The van der Waals surface area contributed by atoms with Crippen LogP contribution < -0.4 is 15.4 Å². The van der Waals surface area contributed by atoms with Gasteiger partial charge in [-0.3, -0.25) is 4.79 Å². The normalized spacial score (nSPS) is 19.0. The molecule has 35 heavy (non-hydrogen) atoms. The van der Waals surface area contributed by atoms with Crippen molar-refractivity contribution in [2.75, 3.05) is 10.6 Å². The molecule has 0 radical (unpaired) electrons. The second-order valence-corrected chi connectivity index (χ2v) is 9.07. The minimum Gasteiger partial charge on any atom is -0.457 e. The highest BCUT2D eigenvalue weighted by Gasteiger charge is 2.36. The van der Waals surface area contributed by atoms with Crippen molar-refractivity contribution in [1.82, 2.24) is 0 Å². The largest absolute Gasteiger partial charge is 0.457 e. The van der Waals surface area contributed by atoms with E-state index < -0.39 is 0 Å². The smallest absolute Gasteiger partial charge is 0.163 e. The van der Waals surface area contributed by atoms with Gasteiger partial charge in [0.2, 0.25) is 0 Å². The van der Waals surface area contributed by atoms with Gasteiger partial charge in [-0.05, 0) is 59.9 Å². The van der Waals surface area contributed by atoms with E-state index in [0.717, 1.165) is 46.1 Å². The first-order valence-electron chi connectivity index (χ1n) is 12.0. The Morgan fingerprint density at radius 2 is 1.31 bits per heavy atom. The second kappa shape index (κ2) is 9.15. The third-order valence-corrected chi connectivity index (χ3v) is 6.75. The predicted molar refractivity (Wildman–Crippen MR) is 140 cm³/mol. The number of ketones is 1. The van der Waals surface area contributed by atoms with Crippen molar-refractivity contribution < 1.29 is 9.53 Å². The van der Waals surface area contributed by atoms with Crippen molar-refractivity contribution in [2.24, 2.45) is 0 Å². The van der Waals surface area contributed by atoms with E-state index in [1.54, 1.807) is 0 Å². The Labute approximate surface area is 205 Å². The fourth-order valence-electron chi connectivity index (χ4n) is 5.09. The number of allylic oxidation sites excluding steroid dienone is 1. The first-order chi connectivity index (χ1) is 17.2. The lowest BCUT2D eigenvalue weighted by Crippen LogP contribution is -2.26. The first kappa shape index (κ1) is 21.2. The number of nitrogens with one attached hydrogen (secondary N) is 2. The van der Waals surface area contributed by atoms with Gasteiger partial charge in [-0.25, -0.2) is 0 Å². The number of anilines is 2. The summed E-state index contributed by atoms with van der Waals surface area (Å²) in [5, 5.41) is 7.27. The van der Waals surface area contributed by atoms with Crippen LogP contribution in [0.3, 0.4) is 0 Å². The van der Waals surface area contributed by atoms with Crippen molar-refractivity contribution in [1.29, 1.82) is 0 Å². The average Bonchev–Trinajstić information content (AvgIpc) is 3.07. The van der Waals surface area contributed by atoms with Gasteiger partial charge in [0.1, 0.15) is 11.5 Å². The molecule has 2 N–H and O–H groups in total. The van der Waals surface area contributed by atoms with Crippen molar-refractivity contribution in [3.63, 3.8) is 0 Å². The molecule has 2 aliphatic rings. The number of rotatable bonds is 4. The molecule has 0 saturated carbocycles. The SMILES string of the molecule is O=C1C[C@@H](c2ccccc2)CC2=C1[C@@H](c1cccc(Oc3ccccc3)c1)Nc1ccccc1N2. The maximum Gasteiger partial charge on any atom is 0.163 e. The molecule has 172 valence electrons. The van der Waals surface area contributed by atoms with Crippen LogP contribution in [0.2, 0.25) is 0 Å². The molecule has 0 amide bonds. The van der Waals surface area contributed by atoms with Crippen LogP contribution in [0.15, 0.2) is 120 Å². The van der Waals surface area contributed by atoms with Gasteiger partial charge in [0.15, 0.2) is 5.78 Å². The highest BCUT2D eigenvalue weighted by Crippen LogP contribution is 2.44. The van der Waals surface area contributed by atoms with Gasteiger partial charge >= 0.3 is 0 Å². The van der Waals surface area contributed by atoms with E-state index in [4.69, 9.17) is 4.74 Å². The minimum atomic E-state index is -0.273. The molecule has 4 aromatic rings. The van der Waals surface area contributed by atoms with Crippen molar-refractivity contribution in [3.05, 3.63) is 132 Å². The van der Waals surface area contributed by atoms with Gasteiger partial charge in [0.05, 0.1) is 17.4 Å². The summed E-state index contributed by atoms with van der Waals surface area (Å²) in [6, 6.07) is 36.0. The number of benzene rings is 4. The summed E-state index contributed by atoms with van der Waals surface area (Å²) in [5.41, 5.74) is 5.97. The van der Waals surface area contributed by atoms with Crippen molar-refractivity contribution in [2.45, 2.75) is 24.8 Å². The van der Waals surface area contributed by atoms with Gasteiger partial charge < -0.3 is 15.4 Å². The summed E-state index contributed by atoms with van der Waals surface area (Å²) in [6.07, 6.45) is 1.29. The van der Waals surface area contributed by atoms with Gasteiger partial charge in [0, 0.05) is 17.7 Å². The Morgan fingerprint density at radius 1 is 0.657 bits per heavy atom. The summed E-state index contributed by atoms with van der Waals surface area (Å²) < 4.78 is 6.10. The molecular weight excluding hydrogens is 432 g/mol. The molecule has 0 fully saturated rings. The predicted octanol–water partition coefficient (Wildman–Crippen LogP) is 7.46. The molecule has 0 spiro atoms. The minimum absolute atomic E-state index is 0.161. The molecule has 0 saturated heterocycles. The summed E-state index contributed by atoms with van der Waals surface area (Å²) in [5.74, 6) is 1.86. The maximum absolute atomic E-state index is 13.7. The highest BCUT2D eigenvalue weighted by atomic mass is 16.5. The zero-order chi connectivity index (χ0) is 23.6. The zero-order valence-corrected chi connectivity index (χ0v) is 19.3. The molecule has 0 unspecified atom stereocenters. The molecule has 4 nitrogen and oxygen atoms in total. The number of hydrogen-bond donors (Lipinski definition) is 2. The van der Waals surface area contributed by atoms with Crippen molar-refractivity contribution >= 4 is 17.2 Å². The van der Waals surface area contributed by atoms with E-state index in [-0.39, 0.29) is 17.7 Å². The quantitative estimate of drug-likeness (QED) is 0.333. The van der Waals surface area contributed by atoms with Crippen molar-refractivity contribution in [3.8, 4) is 11.5 Å². The van der Waals surface area contributed by atoms with Crippen LogP contribution >= 0.6 is 0 Å². The fraction of sp³-hybridized carbons (Fsp3) is 0.129. The summed E-state index contributed by atoms with van der Waals surface area (Å²) in [4.78, 5) is 13.7. The lowest BCUT2D eigenvalue weighted by molar-refractivity contribution is -0.116. The van der Waals surface area contributed by atoms with E-state index in [1.165, 1.54) is 5.56 Å². The molecule has 0 bridgehead atoms. The van der Waals surface area contributed by atoms with E-state index >= 15 is 0 Å². The molecule has 1 aliphatic heterocycles. The summed E-state index contributed by atoms with van der Waals surface area (Å²) in [7, 11) is 0. The van der Waals surface area contributed by atoms with E-state index in [1.807, 2.05) is 78.9 Å². The fourth-order valence-corrected chi connectivity index (χ4v) is 5.09. The number of hydrogen-bond acceptors (Lipinski definition) is 4.